The summed E-state index contributed by atoms with van der Waals surface area (Å²) in [6.45, 7) is 7.49. The molecule has 23 heavy (non-hydrogen) atoms. The lowest BCUT2D eigenvalue weighted by molar-refractivity contribution is 0.193. The van der Waals surface area contributed by atoms with Crippen molar-refractivity contribution in [3.8, 4) is 0 Å². The molecule has 1 saturated heterocycles. The van der Waals surface area contributed by atoms with Gasteiger partial charge in [-0.25, -0.2) is 4.98 Å². The summed E-state index contributed by atoms with van der Waals surface area (Å²) in [6.07, 6.45) is 4.77. The SMILES string of the molecule is CC(C)c1nc(CN2CCCC(c3noc(C4CC4)n3)C2)cs1. The maximum Gasteiger partial charge on any atom is 0.229 e. The van der Waals surface area contributed by atoms with Crippen LogP contribution in [0.1, 0.15) is 79.7 Å². The van der Waals surface area contributed by atoms with Gasteiger partial charge >= 0.3 is 0 Å². The molecule has 2 aromatic heterocycles. The molecule has 0 amide bonds. The number of piperidine rings is 1. The number of hydrogen-bond donors (Lipinski definition) is 0. The van der Waals surface area contributed by atoms with Gasteiger partial charge < -0.3 is 4.52 Å². The van der Waals surface area contributed by atoms with Crippen molar-refractivity contribution in [2.45, 2.75) is 63.8 Å². The van der Waals surface area contributed by atoms with Gasteiger partial charge in [0.25, 0.3) is 0 Å². The second kappa shape index (κ2) is 6.32. The van der Waals surface area contributed by atoms with Crippen LogP contribution >= 0.6 is 11.3 Å². The Hall–Kier alpha value is -1.27. The summed E-state index contributed by atoms with van der Waals surface area (Å²) in [5, 5.41) is 7.69. The summed E-state index contributed by atoms with van der Waals surface area (Å²) >= 11 is 1.78. The predicted molar refractivity (Wildman–Crippen MR) is 89.7 cm³/mol. The number of rotatable bonds is 5. The minimum atomic E-state index is 0.406. The zero-order chi connectivity index (χ0) is 15.8. The number of likely N-dealkylation sites (tertiary alicyclic amines) is 1. The van der Waals surface area contributed by atoms with Crippen LogP contribution in [0.2, 0.25) is 0 Å². The fourth-order valence-electron chi connectivity index (χ4n) is 3.21. The molecule has 0 bridgehead atoms. The van der Waals surface area contributed by atoms with Crippen molar-refractivity contribution < 1.29 is 4.52 Å². The lowest BCUT2D eigenvalue weighted by atomic mass is 9.97. The third-order valence-corrected chi connectivity index (χ3v) is 5.90. The molecule has 5 nitrogen and oxygen atoms in total. The zero-order valence-corrected chi connectivity index (χ0v) is 14.7. The molecule has 1 atom stereocenters. The standard InChI is InChI=1S/C17H24N4OS/c1-11(2)17-18-14(10-23-17)9-21-7-3-4-13(8-21)15-19-16(22-20-15)12-5-6-12/h10-13H,3-9H2,1-2H3. The maximum atomic E-state index is 5.43. The van der Waals surface area contributed by atoms with Crippen LogP contribution in [-0.4, -0.2) is 33.1 Å². The van der Waals surface area contributed by atoms with Crippen LogP contribution in [0.25, 0.3) is 0 Å². The minimum Gasteiger partial charge on any atom is -0.339 e. The molecule has 3 heterocycles. The Balaban J connectivity index is 1.39. The number of aromatic nitrogens is 3. The van der Waals surface area contributed by atoms with Crippen molar-refractivity contribution in [2.24, 2.45) is 0 Å². The van der Waals surface area contributed by atoms with Gasteiger partial charge in [-0.15, -0.1) is 11.3 Å². The summed E-state index contributed by atoms with van der Waals surface area (Å²) in [4.78, 5) is 11.9. The van der Waals surface area contributed by atoms with Crippen molar-refractivity contribution in [2.75, 3.05) is 13.1 Å². The molecule has 124 valence electrons. The van der Waals surface area contributed by atoms with Crippen LogP contribution in [0.5, 0.6) is 0 Å². The van der Waals surface area contributed by atoms with E-state index in [9.17, 15) is 0 Å². The second-order valence-corrected chi connectivity index (χ2v) is 8.06. The molecule has 0 N–H and O–H groups in total. The first-order valence-corrected chi connectivity index (χ1v) is 9.57. The average molecular weight is 332 g/mol. The molecule has 6 heteroatoms. The highest BCUT2D eigenvalue weighted by Gasteiger charge is 2.32. The molecule has 1 unspecified atom stereocenters. The van der Waals surface area contributed by atoms with Crippen LogP contribution < -0.4 is 0 Å². The van der Waals surface area contributed by atoms with Gasteiger partial charge in [-0.05, 0) is 32.2 Å². The van der Waals surface area contributed by atoms with E-state index in [1.165, 1.54) is 30.0 Å². The largest absolute Gasteiger partial charge is 0.339 e. The Kier molecular flexibility index (Phi) is 4.20. The summed E-state index contributed by atoms with van der Waals surface area (Å²) in [5.74, 6) is 3.24. The van der Waals surface area contributed by atoms with Gasteiger partial charge in [0, 0.05) is 36.2 Å². The smallest absolute Gasteiger partial charge is 0.229 e. The molecule has 1 saturated carbocycles. The Morgan fingerprint density at radius 1 is 1.26 bits per heavy atom. The highest BCUT2D eigenvalue weighted by Crippen LogP contribution is 2.39. The first-order valence-electron chi connectivity index (χ1n) is 8.69. The Bertz CT molecular complexity index is 661. The van der Waals surface area contributed by atoms with E-state index in [0.717, 1.165) is 37.8 Å². The highest BCUT2D eigenvalue weighted by molar-refractivity contribution is 7.09. The lowest BCUT2D eigenvalue weighted by Crippen LogP contribution is -2.34. The molecule has 4 rings (SSSR count). The van der Waals surface area contributed by atoms with Gasteiger partial charge in [-0.3, -0.25) is 4.90 Å². The van der Waals surface area contributed by atoms with E-state index >= 15 is 0 Å². The van der Waals surface area contributed by atoms with E-state index in [1.54, 1.807) is 11.3 Å². The minimum absolute atomic E-state index is 0.406. The summed E-state index contributed by atoms with van der Waals surface area (Å²) < 4.78 is 5.43. The van der Waals surface area contributed by atoms with Crippen LogP contribution in [0, 0.1) is 0 Å². The van der Waals surface area contributed by atoms with E-state index < -0.39 is 0 Å². The molecule has 1 aliphatic heterocycles. The van der Waals surface area contributed by atoms with Crippen molar-refractivity contribution >= 4 is 11.3 Å². The fraction of sp³-hybridized carbons (Fsp3) is 0.706. The molecule has 2 fully saturated rings. The van der Waals surface area contributed by atoms with E-state index in [-0.39, 0.29) is 0 Å². The Labute approximate surface area is 141 Å². The highest BCUT2D eigenvalue weighted by atomic mass is 32.1. The van der Waals surface area contributed by atoms with Gasteiger partial charge in [0.2, 0.25) is 5.89 Å². The molecule has 1 aliphatic carbocycles. The Morgan fingerprint density at radius 2 is 2.13 bits per heavy atom. The van der Waals surface area contributed by atoms with Gasteiger partial charge in [0.1, 0.15) is 0 Å². The first-order chi connectivity index (χ1) is 11.2. The summed E-state index contributed by atoms with van der Waals surface area (Å²) in [7, 11) is 0. The molecule has 2 aliphatic rings. The third-order valence-electron chi connectivity index (χ3n) is 4.70. The quantitative estimate of drug-likeness (QED) is 0.831. The van der Waals surface area contributed by atoms with Gasteiger partial charge in [-0.2, -0.15) is 4.98 Å². The fourth-order valence-corrected chi connectivity index (χ4v) is 4.03. The van der Waals surface area contributed by atoms with E-state index in [0.29, 0.717) is 17.8 Å². The molecule has 0 spiro atoms. The van der Waals surface area contributed by atoms with Crippen LogP contribution in [0.15, 0.2) is 9.90 Å². The molecule has 2 aromatic rings. The molecule has 0 radical (unpaired) electrons. The average Bonchev–Trinajstić information content (AvgIpc) is 3.09. The summed E-state index contributed by atoms with van der Waals surface area (Å²) in [5.41, 5.74) is 1.20. The molecular formula is C17H24N4OS. The number of thiazole rings is 1. The topological polar surface area (TPSA) is 55.1 Å². The predicted octanol–water partition coefficient (Wildman–Crippen LogP) is 3.91. The summed E-state index contributed by atoms with van der Waals surface area (Å²) in [6, 6.07) is 0. The monoisotopic (exact) mass is 332 g/mol. The van der Waals surface area contributed by atoms with Crippen molar-refractivity contribution in [3.05, 3.63) is 27.8 Å². The third kappa shape index (κ3) is 3.48. The number of hydrogen-bond acceptors (Lipinski definition) is 6. The number of nitrogens with zero attached hydrogens (tertiary/aromatic N) is 4. The van der Waals surface area contributed by atoms with E-state index in [4.69, 9.17) is 9.51 Å². The second-order valence-electron chi connectivity index (χ2n) is 7.17. The molecule has 0 aromatic carbocycles. The van der Waals surface area contributed by atoms with Crippen molar-refractivity contribution in [1.82, 2.24) is 20.0 Å². The van der Waals surface area contributed by atoms with Gasteiger partial charge in [0.05, 0.1) is 10.7 Å². The zero-order valence-electron chi connectivity index (χ0n) is 13.9. The van der Waals surface area contributed by atoms with Crippen molar-refractivity contribution in [1.29, 1.82) is 0 Å². The molecular weight excluding hydrogens is 308 g/mol. The first kappa shape index (κ1) is 15.3. The van der Waals surface area contributed by atoms with E-state index in [2.05, 4.69) is 34.3 Å². The van der Waals surface area contributed by atoms with Crippen molar-refractivity contribution in [3.63, 3.8) is 0 Å². The lowest BCUT2D eigenvalue weighted by Gasteiger charge is -2.30. The van der Waals surface area contributed by atoms with Gasteiger partial charge in [0.15, 0.2) is 5.82 Å². The van der Waals surface area contributed by atoms with E-state index in [1.807, 2.05) is 0 Å². The van der Waals surface area contributed by atoms with Crippen LogP contribution in [-0.2, 0) is 6.54 Å². The van der Waals surface area contributed by atoms with Crippen LogP contribution in [0.4, 0.5) is 0 Å². The van der Waals surface area contributed by atoms with Gasteiger partial charge in [-0.1, -0.05) is 19.0 Å². The van der Waals surface area contributed by atoms with Crippen LogP contribution in [0.3, 0.4) is 0 Å². The normalized spacial score (nSPS) is 22.8. The Morgan fingerprint density at radius 3 is 2.87 bits per heavy atom. The maximum absolute atomic E-state index is 5.43.